The number of nitrogens with one attached hydrogen (secondary N) is 3. The summed E-state index contributed by atoms with van der Waals surface area (Å²) >= 11 is 0. The molecule has 3 aromatic carbocycles. The molecule has 36 heavy (non-hydrogen) atoms. The zero-order valence-corrected chi connectivity index (χ0v) is 18.1. The van der Waals surface area contributed by atoms with E-state index in [2.05, 4.69) is 30.6 Å². The van der Waals surface area contributed by atoms with Crippen molar-refractivity contribution in [3.05, 3.63) is 104 Å². The number of nitrogens with zero attached hydrogens (tertiary/aromatic N) is 6. The molecular weight excluding hydrogens is 474 g/mol. The number of H-pyrrole nitrogens is 3. The van der Waals surface area contributed by atoms with Crippen LogP contribution < -0.4 is 0 Å². The van der Waals surface area contributed by atoms with E-state index < -0.39 is 14.8 Å². The average molecular weight is 489 g/mol. The molecule has 0 radical (unpaired) electrons. The van der Waals surface area contributed by atoms with Crippen LogP contribution >= 0.6 is 0 Å². The van der Waals surface area contributed by atoms with Gasteiger partial charge in [0, 0.05) is 34.4 Å². The minimum atomic E-state index is -0.430. The molecule has 0 amide bonds. The number of nitro benzene ring substituents is 3. The maximum absolute atomic E-state index is 10.5. The zero-order chi connectivity index (χ0) is 25.7. The van der Waals surface area contributed by atoms with Crippen LogP contribution in [0, 0.1) is 30.3 Å². The van der Waals surface area contributed by atoms with E-state index in [-0.39, 0.29) is 17.1 Å². The van der Waals surface area contributed by atoms with Crippen molar-refractivity contribution in [3.63, 3.8) is 0 Å². The van der Waals surface area contributed by atoms with Crippen molar-refractivity contribution in [2.75, 3.05) is 0 Å². The highest BCUT2D eigenvalue weighted by Gasteiger charge is 2.13. The lowest BCUT2D eigenvalue weighted by atomic mass is 10.2. The maximum Gasteiger partial charge on any atom is 0.294 e. The van der Waals surface area contributed by atoms with Crippen LogP contribution in [-0.4, -0.2) is 45.4 Å². The summed E-state index contributed by atoms with van der Waals surface area (Å²) in [5, 5.41) is 52.6. The van der Waals surface area contributed by atoms with Gasteiger partial charge in [-0.15, -0.1) is 0 Å². The van der Waals surface area contributed by atoms with Crippen molar-refractivity contribution >= 4 is 49.8 Å². The molecule has 3 N–H and O–H groups in total. The molecule has 0 fully saturated rings. The Morgan fingerprint density at radius 1 is 0.500 bits per heavy atom. The molecule has 15 nitrogen and oxygen atoms in total. The van der Waals surface area contributed by atoms with Gasteiger partial charge in [-0.05, 0) is 0 Å². The fraction of sp³-hybridized carbons (Fsp3) is 0. The highest BCUT2D eigenvalue weighted by Crippen LogP contribution is 2.23. The average Bonchev–Trinajstić information content (AvgIpc) is 3.63. The van der Waals surface area contributed by atoms with Gasteiger partial charge in [-0.3, -0.25) is 45.6 Å². The van der Waals surface area contributed by atoms with Crippen molar-refractivity contribution < 1.29 is 14.8 Å². The first-order valence-corrected chi connectivity index (χ1v) is 10.1. The van der Waals surface area contributed by atoms with E-state index in [0.29, 0.717) is 16.6 Å². The van der Waals surface area contributed by atoms with Gasteiger partial charge in [0.05, 0.1) is 33.4 Å². The van der Waals surface area contributed by atoms with Crippen LogP contribution in [0.2, 0.25) is 0 Å². The second kappa shape index (κ2) is 10.0. The van der Waals surface area contributed by atoms with Gasteiger partial charge in [0.2, 0.25) is 0 Å². The normalized spacial score (nSPS) is 10.3. The topological polar surface area (TPSA) is 215 Å². The van der Waals surface area contributed by atoms with Crippen LogP contribution in [0.5, 0.6) is 0 Å². The third-order valence-electron chi connectivity index (χ3n) is 4.95. The van der Waals surface area contributed by atoms with E-state index in [1.54, 1.807) is 55.0 Å². The molecule has 0 aliphatic rings. The lowest BCUT2D eigenvalue weighted by molar-refractivity contribution is -0.383. The first-order valence-electron chi connectivity index (χ1n) is 10.1. The molecule has 0 unspecified atom stereocenters. The molecule has 0 atom stereocenters. The molecule has 0 aliphatic heterocycles. The number of benzene rings is 3. The van der Waals surface area contributed by atoms with E-state index in [4.69, 9.17) is 0 Å². The van der Waals surface area contributed by atoms with Crippen LogP contribution in [0.4, 0.5) is 17.1 Å². The summed E-state index contributed by atoms with van der Waals surface area (Å²) in [6.45, 7) is 0. The number of hydrogen-bond acceptors (Lipinski definition) is 9. The summed E-state index contributed by atoms with van der Waals surface area (Å²) in [6.07, 6.45) is 4.67. The van der Waals surface area contributed by atoms with E-state index in [9.17, 15) is 30.3 Å². The van der Waals surface area contributed by atoms with Crippen LogP contribution in [0.3, 0.4) is 0 Å². The summed E-state index contributed by atoms with van der Waals surface area (Å²) in [6, 6.07) is 14.5. The minimum absolute atomic E-state index is 0.0602. The molecule has 180 valence electrons. The molecular formula is C21H15N9O6. The van der Waals surface area contributed by atoms with E-state index in [1.807, 2.05) is 0 Å². The predicted octanol–water partition coefficient (Wildman–Crippen LogP) is 4.41. The number of rotatable bonds is 3. The SMILES string of the molecule is O=[N+]([O-])c1cccc2cn[nH]c12.O=[N+]([O-])c1cccc2cn[nH]c12.O=[N+]([O-])c1cccc2cn[nH]c12. The quantitative estimate of drug-likeness (QED) is 0.236. The van der Waals surface area contributed by atoms with Gasteiger partial charge < -0.3 is 0 Å². The highest BCUT2D eigenvalue weighted by atomic mass is 16.6. The summed E-state index contributed by atoms with van der Waals surface area (Å²) < 4.78 is 0. The Labute approximate surface area is 199 Å². The minimum Gasteiger partial charge on any atom is -0.271 e. The monoisotopic (exact) mass is 489 g/mol. The van der Waals surface area contributed by atoms with Crippen molar-refractivity contribution in [1.29, 1.82) is 0 Å². The summed E-state index contributed by atoms with van der Waals surface area (Å²) in [4.78, 5) is 30.1. The number of fused-ring (bicyclic) bond motifs is 3. The lowest BCUT2D eigenvalue weighted by Crippen LogP contribution is -1.88. The zero-order valence-electron chi connectivity index (χ0n) is 18.1. The molecule has 0 spiro atoms. The smallest absolute Gasteiger partial charge is 0.271 e. The van der Waals surface area contributed by atoms with Gasteiger partial charge in [-0.1, -0.05) is 36.4 Å². The Bertz CT molecular complexity index is 1500. The first kappa shape index (κ1) is 23.4. The highest BCUT2D eigenvalue weighted by molar-refractivity contribution is 5.87. The third-order valence-corrected chi connectivity index (χ3v) is 4.95. The maximum atomic E-state index is 10.5. The molecule has 0 saturated heterocycles. The Hall–Kier alpha value is -5.73. The second-order valence-electron chi connectivity index (χ2n) is 7.11. The number of hydrogen-bond donors (Lipinski definition) is 3. The Morgan fingerprint density at radius 3 is 1.03 bits per heavy atom. The predicted molar refractivity (Wildman–Crippen MR) is 128 cm³/mol. The summed E-state index contributed by atoms with van der Waals surface area (Å²) in [5.41, 5.74) is 1.60. The van der Waals surface area contributed by atoms with Crippen molar-refractivity contribution in [2.45, 2.75) is 0 Å². The molecule has 6 rings (SSSR count). The van der Waals surface area contributed by atoms with Crippen LogP contribution in [0.15, 0.2) is 73.2 Å². The Balaban J connectivity index is 0.000000127. The first-order chi connectivity index (χ1) is 17.4. The van der Waals surface area contributed by atoms with E-state index >= 15 is 0 Å². The van der Waals surface area contributed by atoms with Crippen LogP contribution in [-0.2, 0) is 0 Å². The van der Waals surface area contributed by atoms with Crippen molar-refractivity contribution in [3.8, 4) is 0 Å². The number of aromatic nitrogens is 6. The number of para-hydroxylation sites is 3. The molecule has 15 heteroatoms. The molecule has 0 aliphatic carbocycles. The molecule has 0 saturated carbocycles. The number of non-ortho nitro benzene ring substituents is 3. The van der Waals surface area contributed by atoms with Gasteiger partial charge in [-0.2, -0.15) is 15.3 Å². The van der Waals surface area contributed by atoms with Crippen molar-refractivity contribution in [2.24, 2.45) is 0 Å². The van der Waals surface area contributed by atoms with Gasteiger partial charge in [0.15, 0.2) is 0 Å². The van der Waals surface area contributed by atoms with Gasteiger partial charge in [0.25, 0.3) is 17.1 Å². The molecule has 3 aromatic heterocycles. The van der Waals surface area contributed by atoms with Gasteiger partial charge in [-0.25, -0.2) is 0 Å². The number of aromatic amines is 3. The standard InChI is InChI=1S/3C7H5N3O2/c3*11-10(12)6-3-1-2-5-4-8-9-7(5)6/h3*1-4H,(H,8,9). The summed E-state index contributed by atoms with van der Waals surface area (Å²) in [7, 11) is 0. The van der Waals surface area contributed by atoms with E-state index in [1.165, 1.54) is 18.2 Å². The van der Waals surface area contributed by atoms with Crippen molar-refractivity contribution in [1.82, 2.24) is 30.6 Å². The fourth-order valence-electron chi connectivity index (χ4n) is 3.32. The Morgan fingerprint density at radius 2 is 0.778 bits per heavy atom. The van der Waals surface area contributed by atoms with Gasteiger partial charge in [0.1, 0.15) is 16.6 Å². The molecule has 6 aromatic rings. The molecule has 3 heterocycles. The third kappa shape index (κ3) is 4.79. The summed E-state index contributed by atoms with van der Waals surface area (Å²) in [5.74, 6) is 0. The van der Waals surface area contributed by atoms with Crippen LogP contribution in [0.1, 0.15) is 0 Å². The van der Waals surface area contributed by atoms with Crippen LogP contribution in [0.25, 0.3) is 32.7 Å². The lowest BCUT2D eigenvalue weighted by Gasteiger charge is -1.90. The number of nitro groups is 3. The largest absolute Gasteiger partial charge is 0.294 e. The fourth-order valence-corrected chi connectivity index (χ4v) is 3.32. The van der Waals surface area contributed by atoms with E-state index in [0.717, 1.165) is 16.2 Å². The van der Waals surface area contributed by atoms with Gasteiger partial charge >= 0.3 is 0 Å². The molecule has 0 bridgehead atoms. The second-order valence-corrected chi connectivity index (χ2v) is 7.11. The Kier molecular flexibility index (Phi) is 6.53.